The summed E-state index contributed by atoms with van der Waals surface area (Å²) >= 11 is 0. The molecular weight excluding hydrogens is 144 g/mol. The molecule has 0 heterocycles. The number of hydrogen-bond acceptors (Lipinski definition) is 3. The maximum Gasteiger partial charge on any atom is 0.309 e. The van der Waals surface area contributed by atoms with Crippen molar-refractivity contribution in [2.24, 2.45) is 11.8 Å². The zero-order valence-corrected chi connectivity index (χ0v) is 6.75. The molecule has 0 aromatic heterocycles. The molecule has 3 heteroatoms. The molecule has 1 aliphatic rings. The quantitative estimate of drug-likeness (QED) is 0.611. The molecule has 0 bridgehead atoms. The third kappa shape index (κ3) is 1.71. The van der Waals surface area contributed by atoms with Gasteiger partial charge in [0.15, 0.2) is 0 Å². The van der Waals surface area contributed by atoms with Crippen LogP contribution in [-0.4, -0.2) is 24.3 Å². The summed E-state index contributed by atoms with van der Waals surface area (Å²) < 4.78 is 4.83. The Morgan fingerprint density at radius 1 is 1.64 bits per heavy atom. The van der Waals surface area contributed by atoms with Crippen molar-refractivity contribution < 1.29 is 14.6 Å². The molecule has 3 nitrogen and oxygen atoms in total. The molecule has 0 aliphatic heterocycles. The van der Waals surface area contributed by atoms with Gasteiger partial charge in [0.05, 0.1) is 12.5 Å². The van der Waals surface area contributed by atoms with Gasteiger partial charge in [-0.2, -0.15) is 0 Å². The van der Waals surface area contributed by atoms with Gasteiger partial charge >= 0.3 is 5.97 Å². The molecule has 0 radical (unpaired) electrons. The summed E-state index contributed by atoms with van der Waals surface area (Å²) in [7, 11) is 0. The summed E-state index contributed by atoms with van der Waals surface area (Å²) in [5.74, 6) is -0.00759. The Bertz CT molecular complexity index is 142. The third-order valence-electron chi connectivity index (χ3n) is 2.24. The monoisotopic (exact) mass is 158 g/mol. The summed E-state index contributed by atoms with van der Waals surface area (Å²) in [6, 6.07) is 0. The lowest BCUT2D eigenvalue weighted by atomic mass is 9.74. The average molecular weight is 158 g/mol. The molecule has 0 saturated heterocycles. The van der Waals surface area contributed by atoms with Crippen LogP contribution < -0.4 is 0 Å². The van der Waals surface area contributed by atoms with Crippen LogP contribution in [0.4, 0.5) is 0 Å². The van der Waals surface area contributed by atoms with Crippen molar-refractivity contribution in [2.45, 2.75) is 19.8 Å². The van der Waals surface area contributed by atoms with Crippen LogP contribution in [0.5, 0.6) is 0 Å². The molecule has 2 atom stereocenters. The Kier molecular flexibility index (Phi) is 2.88. The van der Waals surface area contributed by atoms with Crippen molar-refractivity contribution >= 4 is 5.97 Å². The van der Waals surface area contributed by atoms with E-state index in [1.165, 1.54) is 0 Å². The SMILES string of the molecule is CCOC(=O)[C@@H]1CC[C@H]1CO. The van der Waals surface area contributed by atoms with Crippen LogP contribution in [-0.2, 0) is 9.53 Å². The van der Waals surface area contributed by atoms with Crippen LogP contribution in [0.25, 0.3) is 0 Å². The molecule has 1 fully saturated rings. The number of hydrogen-bond donors (Lipinski definition) is 1. The summed E-state index contributed by atoms with van der Waals surface area (Å²) in [5.41, 5.74) is 0. The van der Waals surface area contributed by atoms with E-state index in [9.17, 15) is 4.79 Å². The fourth-order valence-electron chi connectivity index (χ4n) is 1.35. The normalized spacial score (nSPS) is 29.3. The Morgan fingerprint density at radius 2 is 2.36 bits per heavy atom. The van der Waals surface area contributed by atoms with Crippen molar-refractivity contribution in [3.05, 3.63) is 0 Å². The van der Waals surface area contributed by atoms with Gasteiger partial charge in [-0.15, -0.1) is 0 Å². The zero-order valence-electron chi connectivity index (χ0n) is 6.75. The first kappa shape index (κ1) is 8.53. The first-order valence-electron chi connectivity index (χ1n) is 4.07. The summed E-state index contributed by atoms with van der Waals surface area (Å²) in [5, 5.41) is 8.77. The van der Waals surface area contributed by atoms with Gasteiger partial charge in [-0.05, 0) is 25.7 Å². The molecular formula is C8H14O3. The van der Waals surface area contributed by atoms with Crippen LogP contribution in [0.15, 0.2) is 0 Å². The van der Waals surface area contributed by atoms with Gasteiger partial charge in [0.1, 0.15) is 0 Å². The standard InChI is InChI=1S/C8H14O3/c1-2-11-8(10)7-4-3-6(7)5-9/h6-7,9H,2-5H2,1H3/t6-,7+/m0/s1. The maximum atomic E-state index is 11.1. The fourth-order valence-corrected chi connectivity index (χ4v) is 1.35. The summed E-state index contributed by atoms with van der Waals surface area (Å²) in [4.78, 5) is 11.1. The molecule has 0 aromatic rings. The first-order valence-corrected chi connectivity index (χ1v) is 4.07. The zero-order chi connectivity index (χ0) is 8.27. The van der Waals surface area contributed by atoms with Gasteiger partial charge in [-0.3, -0.25) is 4.79 Å². The van der Waals surface area contributed by atoms with Gasteiger partial charge in [0, 0.05) is 6.61 Å². The van der Waals surface area contributed by atoms with E-state index in [0.29, 0.717) is 6.61 Å². The number of esters is 1. The predicted octanol–water partition coefficient (Wildman–Crippen LogP) is 0.568. The average Bonchev–Trinajstić information content (AvgIpc) is 1.86. The highest BCUT2D eigenvalue weighted by molar-refractivity contribution is 5.73. The molecule has 0 aromatic carbocycles. The van der Waals surface area contributed by atoms with E-state index < -0.39 is 0 Å². The van der Waals surface area contributed by atoms with E-state index in [-0.39, 0.29) is 24.4 Å². The number of rotatable bonds is 3. The first-order chi connectivity index (χ1) is 5.29. The molecule has 1 rings (SSSR count). The minimum Gasteiger partial charge on any atom is -0.466 e. The van der Waals surface area contributed by atoms with Crippen molar-refractivity contribution in [3.63, 3.8) is 0 Å². The lowest BCUT2D eigenvalue weighted by Crippen LogP contribution is -2.36. The third-order valence-corrected chi connectivity index (χ3v) is 2.24. The highest BCUT2D eigenvalue weighted by Crippen LogP contribution is 2.34. The molecule has 0 unspecified atom stereocenters. The largest absolute Gasteiger partial charge is 0.466 e. The van der Waals surface area contributed by atoms with Crippen molar-refractivity contribution in [1.29, 1.82) is 0 Å². The Morgan fingerprint density at radius 3 is 2.73 bits per heavy atom. The molecule has 1 N–H and O–H groups in total. The van der Waals surface area contributed by atoms with Crippen LogP contribution in [0.1, 0.15) is 19.8 Å². The number of aliphatic hydroxyl groups is 1. The number of aliphatic hydroxyl groups excluding tert-OH is 1. The minimum atomic E-state index is -0.141. The van der Waals surface area contributed by atoms with Gasteiger partial charge in [0.25, 0.3) is 0 Å². The molecule has 64 valence electrons. The van der Waals surface area contributed by atoms with Gasteiger partial charge < -0.3 is 9.84 Å². The second kappa shape index (κ2) is 3.72. The van der Waals surface area contributed by atoms with Gasteiger partial charge in [-0.25, -0.2) is 0 Å². The van der Waals surface area contributed by atoms with E-state index in [2.05, 4.69) is 0 Å². The van der Waals surface area contributed by atoms with Gasteiger partial charge in [0.2, 0.25) is 0 Å². The summed E-state index contributed by atoms with van der Waals surface area (Å²) in [6.45, 7) is 2.35. The molecule has 0 spiro atoms. The molecule has 1 aliphatic carbocycles. The van der Waals surface area contributed by atoms with Crippen LogP contribution in [0.3, 0.4) is 0 Å². The summed E-state index contributed by atoms with van der Waals surface area (Å²) in [6.07, 6.45) is 1.84. The molecule has 11 heavy (non-hydrogen) atoms. The molecule has 1 saturated carbocycles. The number of carbonyl (C=O) groups excluding carboxylic acids is 1. The van der Waals surface area contributed by atoms with E-state index >= 15 is 0 Å². The van der Waals surface area contributed by atoms with Crippen LogP contribution >= 0.6 is 0 Å². The predicted molar refractivity (Wildman–Crippen MR) is 39.9 cm³/mol. The Balaban J connectivity index is 2.30. The second-order valence-electron chi connectivity index (χ2n) is 2.88. The topological polar surface area (TPSA) is 46.5 Å². The lowest BCUT2D eigenvalue weighted by molar-refractivity contribution is -0.155. The fraction of sp³-hybridized carbons (Fsp3) is 0.875. The minimum absolute atomic E-state index is 0.0278. The van der Waals surface area contributed by atoms with Crippen molar-refractivity contribution in [1.82, 2.24) is 0 Å². The van der Waals surface area contributed by atoms with Gasteiger partial charge in [-0.1, -0.05) is 0 Å². The smallest absolute Gasteiger partial charge is 0.309 e. The highest BCUT2D eigenvalue weighted by Gasteiger charge is 2.36. The molecule has 0 amide bonds. The van der Waals surface area contributed by atoms with Crippen molar-refractivity contribution in [2.75, 3.05) is 13.2 Å². The van der Waals surface area contributed by atoms with Crippen LogP contribution in [0.2, 0.25) is 0 Å². The number of carbonyl (C=O) groups is 1. The Hall–Kier alpha value is -0.570. The Labute approximate surface area is 66.4 Å². The second-order valence-corrected chi connectivity index (χ2v) is 2.88. The van der Waals surface area contributed by atoms with Crippen LogP contribution in [0, 0.1) is 11.8 Å². The van der Waals surface area contributed by atoms with Crippen molar-refractivity contribution in [3.8, 4) is 0 Å². The highest BCUT2D eigenvalue weighted by atomic mass is 16.5. The van der Waals surface area contributed by atoms with E-state index in [1.807, 2.05) is 0 Å². The van der Waals surface area contributed by atoms with E-state index in [1.54, 1.807) is 6.92 Å². The maximum absolute atomic E-state index is 11.1. The lowest BCUT2D eigenvalue weighted by Gasteiger charge is -2.32. The van der Waals surface area contributed by atoms with E-state index in [0.717, 1.165) is 12.8 Å². The van der Waals surface area contributed by atoms with E-state index in [4.69, 9.17) is 9.84 Å². The number of ether oxygens (including phenoxy) is 1.